The number of aliphatic hydroxyl groups excluding tert-OH is 2. The van der Waals surface area contributed by atoms with Crippen LogP contribution in [0.25, 0.3) is 4.96 Å². The Hall–Kier alpha value is -1.35. The summed E-state index contributed by atoms with van der Waals surface area (Å²) in [6.45, 7) is 4.14. The summed E-state index contributed by atoms with van der Waals surface area (Å²) in [7, 11) is 0. The normalized spacial score (nSPS) is 18.6. The first-order chi connectivity index (χ1) is 11.1. The molecule has 0 bridgehead atoms. The number of hydrogen-bond donors (Lipinski definition) is 2. The van der Waals surface area contributed by atoms with Gasteiger partial charge in [-0.3, -0.25) is 9.69 Å². The maximum atomic E-state index is 12.1. The van der Waals surface area contributed by atoms with Gasteiger partial charge < -0.3 is 10.2 Å². The van der Waals surface area contributed by atoms with Crippen LogP contribution in [0.1, 0.15) is 30.5 Å². The minimum absolute atomic E-state index is 0.133. The van der Waals surface area contributed by atoms with Gasteiger partial charge in [0.25, 0.3) is 5.56 Å². The number of fused-ring (bicyclic) bond motifs is 1. The smallest absolute Gasteiger partial charge is 0.275 e. The molecule has 0 aromatic carbocycles. The fourth-order valence-corrected chi connectivity index (χ4v) is 3.85. The second-order valence-corrected chi connectivity index (χ2v) is 7.03. The number of piperidine rings is 1. The van der Waals surface area contributed by atoms with Gasteiger partial charge in [-0.2, -0.15) is 9.61 Å². The highest BCUT2D eigenvalue weighted by molar-refractivity contribution is 7.16. The van der Waals surface area contributed by atoms with E-state index in [9.17, 15) is 9.90 Å². The van der Waals surface area contributed by atoms with E-state index in [2.05, 4.69) is 15.0 Å². The van der Waals surface area contributed by atoms with Crippen LogP contribution in [0, 0.1) is 5.92 Å². The lowest BCUT2D eigenvalue weighted by atomic mass is 9.91. The molecule has 1 atom stereocenters. The molecule has 7 nitrogen and oxygen atoms in total. The predicted octanol–water partition coefficient (Wildman–Crippen LogP) is 0.279. The van der Waals surface area contributed by atoms with Gasteiger partial charge in [0.1, 0.15) is 5.01 Å². The monoisotopic (exact) mass is 338 g/mol. The third-order valence-electron chi connectivity index (χ3n) is 4.39. The first kappa shape index (κ1) is 16.5. The van der Waals surface area contributed by atoms with Gasteiger partial charge in [-0.25, -0.2) is 4.98 Å². The van der Waals surface area contributed by atoms with E-state index in [4.69, 9.17) is 5.11 Å². The van der Waals surface area contributed by atoms with Crippen molar-refractivity contribution in [1.29, 1.82) is 0 Å². The summed E-state index contributed by atoms with van der Waals surface area (Å²) in [5.74, 6) is 0.158. The molecule has 0 saturated carbocycles. The summed E-state index contributed by atoms with van der Waals surface area (Å²) in [6.07, 6.45) is 1.87. The molecule has 1 saturated heterocycles. The highest BCUT2D eigenvalue weighted by Crippen LogP contribution is 2.21. The van der Waals surface area contributed by atoms with E-state index >= 15 is 0 Å². The van der Waals surface area contributed by atoms with Gasteiger partial charge in [0, 0.05) is 12.6 Å². The molecule has 1 unspecified atom stereocenters. The number of nitrogens with zero attached hydrogens (tertiary/aromatic N) is 4. The van der Waals surface area contributed by atoms with Crippen LogP contribution in [0.3, 0.4) is 0 Å². The molecule has 0 spiro atoms. The minimum Gasteiger partial charge on any atom is -0.394 e. The average molecular weight is 338 g/mol. The molecule has 126 valence electrons. The van der Waals surface area contributed by atoms with Crippen molar-refractivity contribution in [2.75, 3.05) is 19.7 Å². The van der Waals surface area contributed by atoms with Crippen molar-refractivity contribution >= 4 is 16.3 Å². The van der Waals surface area contributed by atoms with Gasteiger partial charge in [0.05, 0.1) is 18.4 Å². The Morgan fingerprint density at radius 2 is 2.17 bits per heavy atom. The zero-order valence-corrected chi connectivity index (χ0v) is 14.0. The van der Waals surface area contributed by atoms with E-state index < -0.39 is 6.10 Å². The molecule has 0 aliphatic carbocycles. The Morgan fingerprint density at radius 3 is 2.83 bits per heavy atom. The number of likely N-dealkylation sites (tertiary alicyclic amines) is 1. The molecule has 1 aliphatic rings. The molecule has 2 aromatic heterocycles. The maximum Gasteiger partial charge on any atom is 0.275 e. The molecule has 23 heavy (non-hydrogen) atoms. The van der Waals surface area contributed by atoms with Gasteiger partial charge in [-0.1, -0.05) is 18.3 Å². The summed E-state index contributed by atoms with van der Waals surface area (Å²) in [5.41, 5.74) is 0.633. The van der Waals surface area contributed by atoms with Crippen LogP contribution < -0.4 is 5.56 Å². The van der Waals surface area contributed by atoms with Crippen molar-refractivity contribution in [3.8, 4) is 0 Å². The molecule has 3 rings (SSSR count). The van der Waals surface area contributed by atoms with E-state index in [1.165, 1.54) is 15.9 Å². The fourth-order valence-electron chi connectivity index (χ4n) is 2.99. The summed E-state index contributed by atoms with van der Waals surface area (Å²) >= 11 is 1.46. The van der Waals surface area contributed by atoms with Gasteiger partial charge >= 0.3 is 0 Å². The molecule has 8 heteroatoms. The fraction of sp³-hybridized carbons (Fsp3) is 0.667. The zero-order chi connectivity index (χ0) is 16.4. The topological polar surface area (TPSA) is 91.0 Å². The van der Waals surface area contributed by atoms with Gasteiger partial charge in [-0.15, -0.1) is 0 Å². The molecule has 3 heterocycles. The summed E-state index contributed by atoms with van der Waals surface area (Å²) in [4.78, 5) is 19.6. The van der Waals surface area contributed by atoms with E-state index in [0.29, 0.717) is 11.5 Å². The van der Waals surface area contributed by atoms with Crippen molar-refractivity contribution in [1.82, 2.24) is 19.5 Å². The first-order valence-electron chi connectivity index (χ1n) is 8.00. The van der Waals surface area contributed by atoms with Crippen LogP contribution in [0.4, 0.5) is 0 Å². The van der Waals surface area contributed by atoms with E-state index in [-0.39, 0.29) is 18.1 Å². The van der Waals surface area contributed by atoms with E-state index in [1.54, 1.807) is 6.07 Å². The largest absolute Gasteiger partial charge is 0.394 e. The Bertz CT molecular complexity index is 721. The molecule has 1 fully saturated rings. The van der Waals surface area contributed by atoms with Crippen molar-refractivity contribution in [2.45, 2.75) is 38.8 Å². The number of rotatable bonds is 5. The van der Waals surface area contributed by atoms with Gasteiger partial charge in [0.15, 0.2) is 0 Å². The van der Waals surface area contributed by atoms with Crippen molar-refractivity contribution in [3.63, 3.8) is 0 Å². The standard InChI is InChI=1S/C15H22N4O3S/c1-2-13-17-19-14(22)7-11(16-15(19)23-13)8-18-5-3-10(4-6-18)12(21)9-20/h7,10,12,20-21H,2-6,8-9H2,1H3. The molecule has 2 N–H and O–H groups in total. The van der Waals surface area contributed by atoms with Crippen LogP contribution in [0.2, 0.25) is 0 Å². The summed E-state index contributed by atoms with van der Waals surface area (Å²) in [6, 6.07) is 1.56. The second-order valence-electron chi connectivity index (χ2n) is 5.99. The zero-order valence-electron chi connectivity index (χ0n) is 13.2. The third kappa shape index (κ3) is 3.60. The summed E-state index contributed by atoms with van der Waals surface area (Å²) < 4.78 is 1.37. The quantitative estimate of drug-likeness (QED) is 0.814. The number of aryl methyl sites for hydroxylation is 1. The lowest BCUT2D eigenvalue weighted by Crippen LogP contribution is -2.38. The van der Waals surface area contributed by atoms with Crippen molar-refractivity contribution in [3.05, 3.63) is 27.1 Å². The lowest BCUT2D eigenvalue weighted by molar-refractivity contribution is 0.0170. The molecule has 0 radical (unpaired) electrons. The Kier molecular flexibility index (Phi) is 5.05. The number of aliphatic hydroxyl groups is 2. The third-order valence-corrected chi connectivity index (χ3v) is 5.44. The highest BCUT2D eigenvalue weighted by Gasteiger charge is 2.25. The predicted molar refractivity (Wildman–Crippen MR) is 87.6 cm³/mol. The van der Waals surface area contributed by atoms with Crippen LogP contribution in [0.5, 0.6) is 0 Å². The van der Waals surface area contributed by atoms with Crippen LogP contribution >= 0.6 is 11.3 Å². The highest BCUT2D eigenvalue weighted by atomic mass is 32.1. The SMILES string of the molecule is CCc1nn2c(=O)cc(CN3CCC(C(O)CO)CC3)nc2s1. The van der Waals surface area contributed by atoms with Crippen LogP contribution in [0.15, 0.2) is 10.9 Å². The first-order valence-corrected chi connectivity index (χ1v) is 8.82. The summed E-state index contributed by atoms with van der Waals surface area (Å²) in [5, 5.41) is 23.9. The van der Waals surface area contributed by atoms with Gasteiger partial charge in [-0.05, 0) is 38.3 Å². The van der Waals surface area contributed by atoms with Crippen LogP contribution in [-0.2, 0) is 13.0 Å². The Balaban J connectivity index is 1.69. The Morgan fingerprint density at radius 1 is 1.43 bits per heavy atom. The van der Waals surface area contributed by atoms with Gasteiger partial charge in [0.2, 0.25) is 4.96 Å². The lowest BCUT2D eigenvalue weighted by Gasteiger charge is -2.33. The van der Waals surface area contributed by atoms with Crippen molar-refractivity contribution < 1.29 is 10.2 Å². The molecule has 2 aromatic rings. The van der Waals surface area contributed by atoms with E-state index in [1.807, 2.05) is 6.92 Å². The second kappa shape index (κ2) is 7.04. The van der Waals surface area contributed by atoms with Crippen LogP contribution in [-0.4, -0.2) is 55.5 Å². The molecule has 1 aliphatic heterocycles. The molecular formula is C15H22N4O3S. The Labute approximate surface area is 138 Å². The molecule has 0 amide bonds. The van der Waals surface area contributed by atoms with E-state index in [0.717, 1.165) is 43.1 Å². The number of hydrogen-bond acceptors (Lipinski definition) is 7. The maximum absolute atomic E-state index is 12.1. The average Bonchev–Trinajstić information content (AvgIpc) is 2.98. The molecular weight excluding hydrogens is 316 g/mol. The number of aromatic nitrogens is 3. The minimum atomic E-state index is -0.624. The van der Waals surface area contributed by atoms with Crippen molar-refractivity contribution in [2.24, 2.45) is 5.92 Å².